The van der Waals surface area contributed by atoms with Crippen molar-refractivity contribution in [2.24, 2.45) is 5.41 Å². The summed E-state index contributed by atoms with van der Waals surface area (Å²) in [6.07, 6.45) is 2.17. The maximum absolute atomic E-state index is 6.08. The maximum atomic E-state index is 6.08. The number of benzene rings is 3. The Kier molecular flexibility index (Phi) is 6.48. The van der Waals surface area contributed by atoms with Gasteiger partial charge in [-0.15, -0.1) is 5.54 Å². The number of rotatable bonds is 6. The summed E-state index contributed by atoms with van der Waals surface area (Å²) in [4.78, 5) is 0. The van der Waals surface area contributed by atoms with Gasteiger partial charge in [0, 0.05) is 22.1 Å². The van der Waals surface area contributed by atoms with Crippen molar-refractivity contribution in [2.75, 3.05) is 19.8 Å². The van der Waals surface area contributed by atoms with Gasteiger partial charge in [0.1, 0.15) is 9.52 Å². The number of ether oxygens (including phenoxy) is 3. The third-order valence-corrected chi connectivity index (χ3v) is 8.40. The number of hydrogen-bond donors (Lipinski definition) is 0. The summed E-state index contributed by atoms with van der Waals surface area (Å²) in [5, 5.41) is 0. The van der Waals surface area contributed by atoms with Crippen LogP contribution in [0.2, 0.25) is 0 Å². The van der Waals surface area contributed by atoms with E-state index >= 15 is 0 Å². The van der Waals surface area contributed by atoms with Crippen molar-refractivity contribution in [3.63, 3.8) is 0 Å². The van der Waals surface area contributed by atoms with Gasteiger partial charge in [-0.1, -0.05) is 79.9 Å². The molecule has 3 nitrogen and oxygen atoms in total. The zero-order valence-electron chi connectivity index (χ0n) is 19.1. The highest BCUT2D eigenvalue weighted by molar-refractivity contribution is 6.49. The molecule has 0 aromatic heterocycles. The molecule has 0 unspecified atom stereocenters. The average molecular weight is 455 g/mol. The van der Waals surface area contributed by atoms with E-state index in [0.717, 1.165) is 24.0 Å². The van der Waals surface area contributed by atoms with Crippen molar-refractivity contribution in [3.8, 4) is 11.5 Å². The van der Waals surface area contributed by atoms with Crippen LogP contribution in [0.25, 0.3) is 0 Å². The van der Waals surface area contributed by atoms with Gasteiger partial charge < -0.3 is 14.2 Å². The average Bonchev–Trinajstić information content (AvgIpc) is 2.89. The topological polar surface area (TPSA) is 27.7 Å². The second-order valence-electron chi connectivity index (χ2n) is 9.13. The van der Waals surface area contributed by atoms with Crippen LogP contribution >= 0.6 is 0 Å². The first-order chi connectivity index (χ1) is 16.2. The molecule has 3 saturated heterocycles. The summed E-state index contributed by atoms with van der Waals surface area (Å²) in [5.74, 6) is 2.34. The van der Waals surface area contributed by atoms with Crippen molar-refractivity contribution in [2.45, 2.75) is 31.3 Å². The quantitative estimate of drug-likeness (QED) is 0.391. The van der Waals surface area contributed by atoms with Crippen molar-refractivity contribution < 1.29 is 14.2 Å². The van der Waals surface area contributed by atoms with E-state index in [4.69, 9.17) is 14.2 Å². The van der Waals surface area contributed by atoms with Crippen LogP contribution in [0.5, 0.6) is 0 Å². The molecule has 0 spiro atoms. The molecule has 3 aliphatic heterocycles. The van der Waals surface area contributed by atoms with E-state index in [1.807, 2.05) is 24.3 Å². The zero-order valence-corrected chi connectivity index (χ0v) is 20.5. The first-order valence-corrected chi connectivity index (χ1v) is 13.4. The monoisotopic (exact) mass is 454 g/mol. The van der Waals surface area contributed by atoms with Crippen LogP contribution in [0.4, 0.5) is 0 Å². The molecule has 3 aromatic rings. The first-order valence-electron chi connectivity index (χ1n) is 11.8. The predicted molar refractivity (Wildman–Crippen MR) is 133 cm³/mol. The Balaban J connectivity index is 1.29. The smallest absolute Gasteiger partial charge is 0.312 e. The van der Waals surface area contributed by atoms with E-state index in [9.17, 15) is 0 Å². The number of fused-ring (bicyclic) bond motifs is 3. The van der Waals surface area contributed by atoms with Gasteiger partial charge in [0.05, 0.1) is 19.8 Å². The lowest BCUT2D eigenvalue weighted by atomic mass is 9.83. The van der Waals surface area contributed by atoms with Crippen molar-refractivity contribution in [1.29, 1.82) is 0 Å². The van der Waals surface area contributed by atoms with Crippen LogP contribution in [0, 0.1) is 16.9 Å². The van der Waals surface area contributed by atoms with E-state index in [1.165, 1.54) is 11.1 Å². The van der Waals surface area contributed by atoms with Gasteiger partial charge >= 0.3 is 5.97 Å². The molecule has 3 heterocycles. The molecule has 0 atom stereocenters. The van der Waals surface area contributed by atoms with Gasteiger partial charge in [0.15, 0.2) is 0 Å². The van der Waals surface area contributed by atoms with E-state index in [0.29, 0.717) is 25.4 Å². The highest BCUT2D eigenvalue weighted by Crippen LogP contribution is 2.46. The summed E-state index contributed by atoms with van der Waals surface area (Å²) in [5.41, 5.74) is 8.55. The van der Waals surface area contributed by atoms with Crippen LogP contribution in [-0.4, -0.2) is 29.3 Å². The second-order valence-corrected chi connectivity index (χ2v) is 10.7. The van der Waals surface area contributed by atoms with Crippen molar-refractivity contribution in [3.05, 3.63) is 107 Å². The fraction of sp³-hybridized carbons (Fsp3) is 0.310. The summed E-state index contributed by atoms with van der Waals surface area (Å²) in [6, 6.07) is 29.6. The Morgan fingerprint density at radius 1 is 0.788 bits per heavy atom. The summed E-state index contributed by atoms with van der Waals surface area (Å²) in [6.45, 7) is 4.26. The standard InChI is InChI=1S/C29H30O3Si/c1-2-18-28-20-30-29(31-21-28,32-22-28)26-15-13-23(14-16-26)17-19-33-27(24-9-5-3-6-10-24)25-11-7-4-8-12-25/h3-16,27H,2,18,20-22,33H2,1H3. The molecule has 4 heteroatoms. The van der Waals surface area contributed by atoms with E-state index in [-0.39, 0.29) is 5.41 Å². The number of hydrogen-bond acceptors (Lipinski definition) is 3. The molecule has 0 amide bonds. The minimum absolute atomic E-state index is 0.0145. The van der Waals surface area contributed by atoms with Crippen LogP contribution in [0.3, 0.4) is 0 Å². The van der Waals surface area contributed by atoms with Gasteiger partial charge in [-0.05, 0) is 41.8 Å². The Bertz CT molecular complexity index is 1050. The Morgan fingerprint density at radius 2 is 1.33 bits per heavy atom. The van der Waals surface area contributed by atoms with Crippen molar-refractivity contribution in [1.82, 2.24) is 0 Å². The molecule has 3 fully saturated rings. The minimum Gasteiger partial charge on any atom is -0.323 e. The van der Waals surface area contributed by atoms with Gasteiger partial charge in [0.2, 0.25) is 0 Å². The molecule has 0 aliphatic carbocycles. The largest absolute Gasteiger partial charge is 0.323 e. The third-order valence-electron chi connectivity index (χ3n) is 6.67. The summed E-state index contributed by atoms with van der Waals surface area (Å²) < 4.78 is 18.2. The second kappa shape index (κ2) is 9.67. The van der Waals surface area contributed by atoms with Gasteiger partial charge in [-0.25, -0.2) is 0 Å². The molecule has 3 aromatic carbocycles. The molecule has 0 saturated carbocycles. The fourth-order valence-corrected chi connectivity index (χ4v) is 6.33. The Hall–Kier alpha value is -2.68. The highest BCUT2D eigenvalue weighted by atomic mass is 28.2. The van der Waals surface area contributed by atoms with Gasteiger partial charge in [-0.2, -0.15) is 0 Å². The molecule has 0 N–H and O–H groups in total. The molecule has 3 aliphatic rings. The van der Waals surface area contributed by atoms with Crippen LogP contribution in [0.15, 0.2) is 84.9 Å². The SMILES string of the molecule is CCCC12COC(c3ccc(C#C[SiH2]C(c4ccccc4)c4ccccc4)cc3)(OC1)OC2. The van der Waals surface area contributed by atoms with Gasteiger partial charge in [-0.3, -0.25) is 0 Å². The minimum atomic E-state index is -1.05. The molecule has 168 valence electrons. The molecular weight excluding hydrogens is 424 g/mol. The lowest BCUT2D eigenvalue weighted by Crippen LogP contribution is -2.58. The fourth-order valence-electron chi connectivity index (χ4n) is 4.80. The molecule has 2 bridgehead atoms. The van der Waals surface area contributed by atoms with Crippen molar-refractivity contribution >= 4 is 9.52 Å². The molecule has 33 heavy (non-hydrogen) atoms. The highest BCUT2D eigenvalue weighted by Gasteiger charge is 2.53. The Morgan fingerprint density at radius 3 is 1.85 bits per heavy atom. The van der Waals surface area contributed by atoms with Gasteiger partial charge in [0.25, 0.3) is 0 Å². The Labute approximate surface area is 198 Å². The predicted octanol–water partition coefficient (Wildman–Crippen LogP) is 4.93. The van der Waals surface area contributed by atoms with Crippen LogP contribution < -0.4 is 0 Å². The molecular formula is C29H30O3Si. The van der Waals surface area contributed by atoms with Crippen LogP contribution in [-0.2, 0) is 20.2 Å². The van der Waals surface area contributed by atoms with E-state index < -0.39 is 15.5 Å². The van der Waals surface area contributed by atoms with E-state index in [2.05, 4.69) is 79.1 Å². The normalized spacial score (nSPS) is 24.2. The van der Waals surface area contributed by atoms with Crippen LogP contribution in [0.1, 0.15) is 47.6 Å². The summed E-state index contributed by atoms with van der Waals surface area (Å²) >= 11 is 0. The summed E-state index contributed by atoms with van der Waals surface area (Å²) in [7, 11) is -0.701. The third kappa shape index (κ3) is 4.69. The lowest BCUT2D eigenvalue weighted by molar-refractivity contribution is -0.480. The molecule has 0 radical (unpaired) electrons. The first kappa shape index (κ1) is 22.1. The maximum Gasteiger partial charge on any atom is 0.312 e. The van der Waals surface area contributed by atoms with E-state index in [1.54, 1.807) is 0 Å². The zero-order chi connectivity index (χ0) is 22.6. The lowest BCUT2D eigenvalue weighted by Gasteiger charge is -2.51. The molecule has 6 rings (SSSR count).